The van der Waals surface area contributed by atoms with Crippen LogP contribution in [0.5, 0.6) is 0 Å². The molecule has 4 heterocycles. The molecule has 2 aromatic carbocycles. The highest BCUT2D eigenvalue weighted by Gasteiger charge is 2.51. The summed E-state index contributed by atoms with van der Waals surface area (Å²) in [6.45, 7) is 0.745. The molecule has 5 atom stereocenters. The summed E-state index contributed by atoms with van der Waals surface area (Å²) in [5.74, 6) is -1.88. The highest BCUT2D eigenvalue weighted by molar-refractivity contribution is 5.84. The topological polar surface area (TPSA) is 144 Å². The van der Waals surface area contributed by atoms with Crippen LogP contribution in [-0.2, 0) is 19.0 Å². The zero-order chi connectivity index (χ0) is 33.1. The summed E-state index contributed by atoms with van der Waals surface area (Å²) in [5, 5.41) is 23.9. The highest BCUT2D eigenvalue weighted by Crippen LogP contribution is 2.37. The van der Waals surface area contributed by atoms with Gasteiger partial charge in [0, 0.05) is 26.1 Å². The van der Waals surface area contributed by atoms with Crippen LogP contribution in [-0.4, -0.2) is 99.6 Å². The monoisotopic (exact) mass is 656 g/mol. The van der Waals surface area contributed by atoms with E-state index >= 15 is 0 Å². The third-order valence-corrected chi connectivity index (χ3v) is 8.52. The quantitative estimate of drug-likeness (QED) is 0.204. The minimum absolute atomic E-state index is 0.0214. The number of aliphatic hydroxyl groups is 2. The van der Waals surface area contributed by atoms with Crippen molar-refractivity contribution >= 4 is 28.9 Å². The van der Waals surface area contributed by atoms with Crippen LogP contribution in [0.2, 0.25) is 0 Å². The van der Waals surface area contributed by atoms with E-state index in [4.69, 9.17) is 24.2 Å². The number of methoxy groups -OCH3 is 1. The van der Waals surface area contributed by atoms with Crippen molar-refractivity contribution in [3.05, 3.63) is 78.1 Å². The van der Waals surface area contributed by atoms with E-state index < -0.39 is 43.3 Å². The third-order valence-electron chi connectivity index (χ3n) is 8.52. The number of anilines is 2. The average Bonchev–Trinajstić information content (AvgIpc) is 3.79. The lowest BCUT2D eigenvalue weighted by atomic mass is 9.91. The Kier molecular flexibility index (Phi) is 9.59. The molecule has 4 aromatic rings. The number of nitrogens with zero attached hydrogens (tertiary/aromatic N) is 5. The second-order valence-corrected chi connectivity index (χ2v) is 11.5. The van der Waals surface area contributed by atoms with Gasteiger partial charge in [-0.05, 0) is 24.0 Å². The van der Waals surface area contributed by atoms with Gasteiger partial charge in [-0.3, -0.25) is 4.57 Å². The maximum Gasteiger partial charge on any atom is 0.490 e. The predicted molar refractivity (Wildman–Crippen MR) is 164 cm³/mol. The maximum atomic E-state index is 13.2. The molecule has 0 saturated carbocycles. The highest BCUT2D eigenvalue weighted by atomic mass is 19.4. The van der Waals surface area contributed by atoms with Gasteiger partial charge in [-0.1, -0.05) is 60.7 Å². The first-order chi connectivity index (χ1) is 22.7. The molecule has 3 N–H and O–H groups in total. The predicted octanol–water partition coefficient (Wildman–Crippen LogP) is 3.41. The number of alkyl halides is 3. The van der Waals surface area contributed by atoms with Gasteiger partial charge >= 0.3 is 12.1 Å². The van der Waals surface area contributed by atoms with E-state index in [1.807, 2.05) is 65.6 Å². The first-order valence-electron chi connectivity index (χ1n) is 15.3. The summed E-state index contributed by atoms with van der Waals surface area (Å²) in [7, 11) is 1.61. The van der Waals surface area contributed by atoms with E-state index in [9.17, 15) is 28.2 Å². The van der Waals surface area contributed by atoms with Gasteiger partial charge in [-0.2, -0.15) is 23.1 Å². The molecular weight excluding hydrogens is 621 g/mol. The van der Waals surface area contributed by atoms with Crippen LogP contribution in [0.1, 0.15) is 36.1 Å². The number of hydrogen-bond donors (Lipinski definition) is 3. The van der Waals surface area contributed by atoms with E-state index in [-0.39, 0.29) is 23.1 Å². The van der Waals surface area contributed by atoms with Crippen molar-refractivity contribution in [2.45, 2.75) is 55.5 Å². The molecule has 2 saturated heterocycles. The Morgan fingerprint density at radius 2 is 1.79 bits per heavy atom. The minimum Gasteiger partial charge on any atom is -0.448 e. The normalized spacial score (nSPS) is 23.1. The summed E-state index contributed by atoms with van der Waals surface area (Å²) in [6.07, 6.45) is -8.71. The zero-order valence-electron chi connectivity index (χ0n) is 25.5. The SMILES string of the molecule is COC[C@H]1CCCN1c1nc(NCC(c2ccccc2)c2ccccc2)c2ncn([C@@H]3O[C@H](CO)[C@@H](O)[C@H]3OC(=O)C(F)(F)F)c2n1. The number of halogens is 3. The summed E-state index contributed by atoms with van der Waals surface area (Å²) >= 11 is 0. The van der Waals surface area contributed by atoms with Crippen molar-refractivity contribution in [2.24, 2.45) is 0 Å². The summed E-state index contributed by atoms with van der Waals surface area (Å²) < 4.78 is 56.8. The van der Waals surface area contributed by atoms with Crippen molar-refractivity contribution in [3.63, 3.8) is 0 Å². The van der Waals surface area contributed by atoms with Gasteiger partial charge in [0.25, 0.3) is 0 Å². The molecule has 2 fully saturated rings. The van der Waals surface area contributed by atoms with Crippen LogP contribution in [0.4, 0.5) is 24.9 Å². The summed E-state index contributed by atoms with van der Waals surface area (Å²) in [4.78, 5) is 28.0. The van der Waals surface area contributed by atoms with Gasteiger partial charge in [-0.15, -0.1) is 0 Å². The number of benzene rings is 2. The number of nitrogens with one attached hydrogen (secondary N) is 1. The van der Waals surface area contributed by atoms with Crippen molar-refractivity contribution in [1.82, 2.24) is 19.5 Å². The lowest BCUT2D eigenvalue weighted by molar-refractivity contribution is -0.211. The third kappa shape index (κ3) is 6.74. The Bertz CT molecular complexity index is 1620. The van der Waals surface area contributed by atoms with Gasteiger partial charge in [0.15, 0.2) is 29.3 Å². The van der Waals surface area contributed by atoms with Crippen molar-refractivity contribution < 1.29 is 42.4 Å². The maximum absolute atomic E-state index is 13.2. The molecule has 0 bridgehead atoms. The fraction of sp³-hybridized carbons (Fsp3) is 0.438. The van der Waals surface area contributed by atoms with Gasteiger partial charge in [-0.25, -0.2) is 9.78 Å². The number of rotatable bonds is 11. The standard InChI is InChI=1S/C32H35F3N6O6/c1-45-17-21-13-8-14-40(21)31-38-27(36-15-22(19-9-4-2-5-10-19)20-11-6-3-7-12-20)24-28(39-31)41(18-37-24)29-26(25(43)23(16-42)46-29)47-30(44)32(33,34)35/h2-7,9-12,18,21-23,25-26,29,42-43H,8,13-17H2,1H3,(H,36,38,39)/t21-,23-,25-,26-,29-/m1/s1. The molecular formula is C32H35F3N6O6. The number of imidazole rings is 1. The van der Waals surface area contributed by atoms with Crippen LogP contribution in [0.3, 0.4) is 0 Å². The van der Waals surface area contributed by atoms with E-state index in [0.717, 1.165) is 24.0 Å². The van der Waals surface area contributed by atoms with E-state index in [2.05, 4.69) is 10.3 Å². The van der Waals surface area contributed by atoms with Crippen molar-refractivity contribution in [3.8, 4) is 0 Å². The number of fused-ring (bicyclic) bond motifs is 1. The van der Waals surface area contributed by atoms with Crippen LogP contribution < -0.4 is 10.2 Å². The first-order valence-corrected chi connectivity index (χ1v) is 15.3. The largest absolute Gasteiger partial charge is 0.490 e. The number of esters is 1. The van der Waals surface area contributed by atoms with Gasteiger partial charge in [0.1, 0.15) is 12.2 Å². The summed E-state index contributed by atoms with van der Waals surface area (Å²) in [5.41, 5.74) is 2.59. The molecule has 15 heteroatoms. The van der Waals surface area contributed by atoms with Gasteiger partial charge in [0.05, 0.1) is 25.6 Å². The Hall–Kier alpha value is -4.31. The minimum atomic E-state index is -5.31. The number of carbonyl (C=O) groups excluding carboxylic acids is 1. The average molecular weight is 657 g/mol. The molecule has 47 heavy (non-hydrogen) atoms. The van der Waals surface area contributed by atoms with Crippen LogP contribution in [0.25, 0.3) is 11.2 Å². The van der Waals surface area contributed by atoms with Gasteiger partial charge in [0.2, 0.25) is 5.95 Å². The Morgan fingerprint density at radius 1 is 1.11 bits per heavy atom. The molecule has 250 valence electrons. The number of ether oxygens (including phenoxy) is 3. The van der Waals surface area contributed by atoms with Crippen LogP contribution >= 0.6 is 0 Å². The van der Waals surface area contributed by atoms with Crippen molar-refractivity contribution in [1.29, 1.82) is 0 Å². The Morgan fingerprint density at radius 3 is 2.40 bits per heavy atom. The molecule has 0 unspecified atom stereocenters. The van der Waals surface area contributed by atoms with E-state index in [1.54, 1.807) is 7.11 Å². The number of aromatic nitrogens is 4. The van der Waals surface area contributed by atoms with E-state index in [1.165, 1.54) is 10.9 Å². The van der Waals surface area contributed by atoms with Gasteiger partial charge < -0.3 is 34.6 Å². The smallest absolute Gasteiger partial charge is 0.448 e. The Balaban J connectivity index is 1.41. The number of hydrogen-bond acceptors (Lipinski definition) is 11. The fourth-order valence-corrected chi connectivity index (χ4v) is 6.22. The number of carbonyl (C=O) groups is 1. The molecule has 0 spiro atoms. The molecule has 0 aliphatic carbocycles. The summed E-state index contributed by atoms with van der Waals surface area (Å²) in [6, 6.07) is 19.9. The molecule has 0 amide bonds. The van der Waals surface area contributed by atoms with Crippen molar-refractivity contribution in [2.75, 3.05) is 43.6 Å². The Labute approximate surface area is 268 Å². The molecule has 2 aliphatic rings. The lowest BCUT2D eigenvalue weighted by Gasteiger charge is -2.26. The first kappa shape index (κ1) is 32.6. The second-order valence-electron chi connectivity index (χ2n) is 11.5. The van der Waals surface area contributed by atoms with Crippen LogP contribution in [0, 0.1) is 0 Å². The van der Waals surface area contributed by atoms with Crippen LogP contribution in [0.15, 0.2) is 67.0 Å². The molecule has 12 nitrogen and oxygen atoms in total. The van der Waals surface area contributed by atoms with E-state index in [0.29, 0.717) is 31.5 Å². The molecule has 6 rings (SSSR count). The molecule has 0 radical (unpaired) electrons. The molecule has 2 aliphatic heterocycles. The second kappa shape index (κ2) is 13.8. The zero-order valence-corrected chi connectivity index (χ0v) is 25.5. The lowest BCUT2D eigenvalue weighted by Crippen LogP contribution is -2.40. The molecule has 2 aromatic heterocycles. The number of aliphatic hydroxyl groups excluding tert-OH is 2. The fourth-order valence-electron chi connectivity index (χ4n) is 6.22.